The van der Waals surface area contributed by atoms with Crippen LogP contribution in [0, 0.1) is 5.92 Å². The summed E-state index contributed by atoms with van der Waals surface area (Å²) in [5.74, 6) is -2.77. The van der Waals surface area contributed by atoms with Gasteiger partial charge in [0.05, 0.1) is 92.3 Å². The molecule has 0 aromatic heterocycles. The van der Waals surface area contributed by atoms with Crippen LogP contribution >= 0.6 is 0 Å². The number of ether oxygens (including phenoxy) is 7. The number of methoxy groups -OCH3 is 2. The predicted molar refractivity (Wildman–Crippen MR) is 375 cm³/mol. The molecule has 8 atom stereocenters. The molecule has 4 heterocycles. The van der Waals surface area contributed by atoms with Crippen LogP contribution in [0.2, 0.25) is 36.3 Å². The Labute approximate surface area is 580 Å². The number of hydrogen-bond donors (Lipinski definition) is 4. The number of rotatable bonds is 23. The molecule has 4 aliphatic rings. The summed E-state index contributed by atoms with van der Waals surface area (Å²) in [5.41, 5.74) is 7.71. The van der Waals surface area contributed by atoms with Gasteiger partial charge < -0.3 is 73.3 Å². The van der Waals surface area contributed by atoms with Gasteiger partial charge in [-0.1, -0.05) is 104 Å². The van der Waals surface area contributed by atoms with Crippen molar-refractivity contribution >= 4 is 81.5 Å². The zero-order chi connectivity index (χ0) is 72.2. The molecule has 25 nitrogen and oxygen atoms in total. The summed E-state index contributed by atoms with van der Waals surface area (Å²) in [4.78, 5) is 118. The molecule has 9 rings (SSSR count). The summed E-state index contributed by atoms with van der Waals surface area (Å²) in [5, 5.41) is 15.8. The number of carboxylic acid groups (broad SMARTS) is 1. The minimum atomic E-state index is -2.92. The molecule has 2 saturated heterocycles. The molecule has 4 aliphatic heterocycles. The zero-order valence-electron chi connectivity index (χ0n) is 59.0. The summed E-state index contributed by atoms with van der Waals surface area (Å²) < 4.78 is 57.2. The van der Waals surface area contributed by atoms with Crippen LogP contribution in [-0.4, -0.2) is 169 Å². The number of nitrogens with one attached hydrogen (secondary N) is 2. The molecule has 0 spiro atoms. The second-order valence-corrected chi connectivity index (χ2v) is 38.2. The van der Waals surface area contributed by atoms with Crippen molar-refractivity contribution in [2.45, 2.75) is 173 Å². The standard InChI is InChI=1S/C72H93N7O18Si2/c1-42(2)60(73)62(81)74-43(3)61(80)75-47-29-27-44(28-30-47)41-93-70(88)79-53-38-59(57(90-11)36-51(53)64(83)77-40-49(95-68(85)46-25-20-17-21-26-46)34-55(77)66(79)97-99(14,15)72(7,8)9)92-32-22-31-91-58-37-52-50(35-56(58)89-10)63(82)76-39-48(94-67(84)45-23-18-16-19-24-45)33-54(76)65(78(52)69(86)87)96-98(12,13)71(4,5)6/h16-21,23-30,35-38,42-43,48-49,54-55,60,65-66H,22,31-34,39-41,73H2,1-15H3,(H,74,81)(H,75,80)(H,86,87)/t43-,48-,49-,54-,55-,60-,65-,66-/m0/s1. The molecule has 0 saturated carbocycles. The third kappa shape index (κ3) is 16.5. The van der Waals surface area contributed by atoms with Crippen molar-refractivity contribution in [3.8, 4) is 23.0 Å². The Morgan fingerprint density at radius 3 is 1.45 bits per heavy atom. The van der Waals surface area contributed by atoms with E-state index in [0.717, 1.165) is 4.90 Å². The van der Waals surface area contributed by atoms with E-state index < -0.39 is 123 Å². The fraction of sp³-hybridized carbons (Fsp3) is 0.472. The van der Waals surface area contributed by atoms with Gasteiger partial charge in [-0.15, -0.1) is 0 Å². The van der Waals surface area contributed by atoms with Gasteiger partial charge in [-0.25, -0.2) is 29.0 Å². The lowest BCUT2D eigenvalue weighted by Gasteiger charge is -2.44. The number of nitrogens with zero attached hydrogens (tertiary/aromatic N) is 4. The van der Waals surface area contributed by atoms with Crippen molar-refractivity contribution in [1.82, 2.24) is 15.1 Å². The maximum Gasteiger partial charge on any atom is 0.416 e. The van der Waals surface area contributed by atoms with Gasteiger partial charge in [-0.2, -0.15) is 0 Å². The summed E-state index contributed by atoms with van der Waals surface area (Å²) in [6.45, 7) is 25.0. The highest BCUT2D eigenvalue weighted by atomic mass is 28.4. The summed E-state index contributed by atoms with van der Waals surface area (Å²) in [6.07, 6.45) is -5.97. The van der Waals surface area contributed by atoms with Crippen molar-refractivity contribution in [3.63, 3.8) is 0 Å². The van der Waals surface area contributed by atoms with E-state index in [1.165, 1.54) is 48.3 Å². The highest BCUT2D eigenvalue weighted by Gasteiger charge is 2.55. The number of amides is 6. The smallest absolute Gasteiger partial charge is 0.416 e. The molecule has 0 unspecified atom stereocenters. The number of hydrogen-bond acceptors (Lipinski definition) is 18. The zero-order valence-corrected chi connectivity index (χ0v) is 61.0. The second-order valence-electron chi connectivity index (χ2n) is 28.7. The Morgan fingerprint density at radius 1 is 0.606 bits per heavy atom. The highest BCUT2D eigenvalue weighted by Crippen LogP contribution is 2.48. The first-order chi connectivity index (χ1) is 46.6. The Bertz CT molecular complexity index is 3810. The maximum atomic E-state index is 15.4. The van der Waals surface area contributed by atoms with Crippen LogP contribution in [-0.2, 0) is 39.3 Å². The van der Waals surface area contributed by atoms with E-state index in [2.05, 4.69) is 10.6 Å². The van der Waals surface area contributed by atoms with Crippen LogP contribution < -0.4 is 45.1 Å². The Morgan fingerprint density at radius 2 is 1.04 bits per heavy atom. The minimum absolute atomic E-state index is 0.00126. The Kier molecular flexibility index (Phi) is 22.6. The fourth-order valence-electron chi connectivity index (χ4n) is 11.6. The first-order valence-corrected chi connectivity index (χ1v) is 39.1. The van der Waals surface area contributed by atoms with Crippen molar-refractivity contribution in [1.29, 1.82) is 0 Å². The van der Waals surface area contributed by atoms with E-state index in [1.54, 1.807) is 96.8 Å². The number of fused-ring (bicyclic) bond motifs is 4. The first kappa shape index (κ1) is 74.2. The lowest BCUT2D eigenvalue weighted by Crippen LogP contribution is -2.58. The fourth-order valence-corrected chi connectivity index (χ4v) is 14.1. The van der Waals surface area contributed by atoms with E-state index >= 15 is 9.59 Å². The Balaban J connectivity index is 0.998. The van der Waals surface area contributed by atoms with Crippen molar-refractivity contribution in [2.75, 3.05) is 55.6 Å². The molecule has 2 fully saturated rings. The number of benzene rings is 5. The molecule has 6 amide bonds. The topological polar surface area (TPSA) is 303 Å². The van der Waals surface area contributed by atoms with Crippen molar-refractivity contribution in [3.05, 3.63) is 137 Å². The van der Waals surface area contributed by atoms with Gasteiger partial charge in [-0.05, 0) is 103 Å². The van der Waals surface area contributed by atoms with Crippen molar-refractivity contribution in [2.24, 2.45) is 11.7 Å². The number of nitrogens with two attached hydrogens (primary N) is 1. The van der Waals surface area contributed by atoms with Gasteiger partial charge in [0.25, 0.3) is 11.8 Å². The largest absolute Gasteiger partial charge is 0.493 e. The molecule has 5 N–H and O–H groups in total. The van der Waals surface area contributed by atoms with E-state index in [4.69, 9.17) is 47.7 Å². The van der Waals surface area contributed by atoms with Crippen LogP contribution in [0.25, 0.3) is 0 Å². The summed E-state index contributed by atoms with van der Waals surface area (Å²) in [6, 6.07) is 26.0. The molecule has 5 aromatic rings. The molecular weight excluding hydrogens is 1310 g/mol. The van der Waals surface area contributed by atoms with Gasteiger partial charge in [0, 0.05) is 37.1 Å². The van der Waals surface area contributed by atoms with Crippen LogP contribution in [0.15, 0.2) is 109 Å². The van der Waals surface area contributed by atoms with Crippen molar-refractivity contribution < 1.29 is 85.5 Å². The normalized spacial score (nSPS) is 19.8. The quantitative estimate of drug-likeness (QED) is 0.0204. The molecule has 99 heavy (non-hydrogen) atoms. The van der Waals surface area contributed by atoms with Crippen LogP contribution in [0.3, 0.4) is 0 Å². The monoisotopic (exact) mass is 1400 g/mol. The third-order valence-electron chi connectivity index (χ3n) is 19.4. The lowest BCUT2D eigenvalue weighted by molar-refractivity contribution is -0.127. The van der Waals surface area contributed by atoms with E-state index in [0.29, 0.717) is 22.4 Å². The van der Waals surface area contributed by atoms with Crippen LogP contribution in [0.4, 0.5) is 26.7 Å². The highest BCUT2D eigenvalue weighted by molar-refractivity contribution is 6.74. The predicted octanol–water partition coefficient (Wildman–Crippen LogP) is 11.2. The number of esters is 2. The summed E-state index contributed by atoms with van der Waals surface area (Å²) in [7, 11) is -2.93. The van der Waals surface area contributed by atoms with Gasteiger partial charge in [0.2, 0.25) is 11.8 Å². The first-order valence-electron chi connectivity index (χ1n) is 33.3. The maximum absolute atomic E-state index is 15.4. The van der Waals surface area contributed by atoms with Gasteiger partial charge in [0.1, 0.15) is 24.9 Å². The van der Waals surface area contributed by atoms with Crippen LogP contribution in [0.5, 0.6) is 23.0 Å². The van der Waals surface area contributed by atoms with Gasteiger partial charge >= 0.3 is 24.1 Å². The van der Waals surface area contributed by atoms with Crippen LogP contribution in [0.1, 0.15) is 129 Å². The molecule has 532 valence electrons. The van der Waals surface area contributed by atoms with Gasteiger partial charge in [0.15, 0.2) is 52.1 Å². The SMILES string of the molecule is COc1cc2c(cc1OCCCOc1cc3c(cc1OC)C(=O)N1C[C@@H](OC(=O)c4ccccc4)C[C@H]1[C@H](O[Si](C)(C)C(C)(C)C)N3C(=O)OCc1ccc(NC(=O)[C@H](C)NC(=O)[C@@H](N)C(C)C)cc1)N(C(=O)O)[C@@H](O[Si](C)(C)C(C)(C)C)[C@@H]1C[C@H](OC(=O)c3ccccc3)CN1C2=O. The minimum Gasteiger partial charge on any atom is -0.493 e. The Hall–Kier alpha value is -9.03. The molecule has 0 radical (unpaired) electrons. The van der Waals surface area contributed by atoms with E-state index in [-0.39, 0.29) is 104 Å². The number of carbonyl (C=O) groups is 8. The van der Waals surface area contributed by atoms with E-state index in [9.17, 15) is 33.9 Å². The lowest BCUT2D eigenvalue weighted by atomic mass is 10.0. The third-order valence-corrected chi connectivity index (χ3v) is 28.3. The average Bonchev–Trinajstić information content (AvgIpc) is 1.61. The molecule has 0 bridgehead atoms. The number of anilines is 3. The molecule has 27 heteroatoms. The second kappa shape index (κ2) is 30.2. The molecular formula is C72H93N7O18Si2. The molecule has 5 aromatic carbocycles. The number of carbonyl (C=O) groups excluding carboxylic acids is 7. The van der Waals surface area contributed by atoms with E-state index in [1.807, 2.05) is 81.6 Å². The summed E-state index contributed by atoms with van der Waals surface area (Å²) >= 11 is 0. The van der Waals surface area contributed by atoms with Gasteiger partial charge in [-0.3, -0.25) is 19.2 Å². The molecule has 0 aliphatic carbocycles. The average molecular weight is 1400 g/mol.